The molecule has 21 heavy (non-hydrogen) atoms. The van der Waals surface area contributed by atoms with Gasteiger partial charge >= 0.3 is 0 Å². The summed E-state index contributed by atoms with van der Waals surface area (Å²) in [6, 6.07) is 9.62. The van der Waals surface area contributed by atoms with Gasteiger partial charge in [-0.1, -0.05) is 0 Å². The van der Waals surface area contributed by atoms with Gasteiger partial charge in [0, 0.05) is 12.1 Å². The quantitative estimate of drug-likeness (QED) is 0.862. The second-order valence-electron chi connectivity index (χ2n) is 5.33. The first-order valence-corrected chi connectivity index (χ1v) is 7.31. The van der Waals surface area contributed by atoms with Crippen LogP contribution in [0, 0.1) is 11.3 Å². The minimum absolute atomic E-state index is 0.0118. The highest BCUT2D eigenvalue weighted by molar-refractivity contribution is 5.77. The molecule has 1 aliphatic carbocycles. The van der Waals surface area contributed by atoms with Crippen LogP contribution in [0.2, 0.25) is 0 Å². The Labute approximate surface area is 125 Å². The van der Waals surface area contributed by atoms with Gasteiger partial charge in [0.2, 0.25) is 0 Å². The molecule has 1 aliphatic rings. The zero-order chi connectivity index (χ0) is 15.1. The molecule has 2 rings (SSSR count). The van der Waals surface area contributed by atoms with E-state index in [1.54, 1.807) is 24.3 Å². The SMILES string of the molecule is CNC1CCC(NC(=O)COc2ccc(C#N)cc2)CC1. The zero-order valence-corrected chi connectivity index (χ0v) is 12.3. The molecule has 0 aromatic heterocycles. The number of carbonyl (C=O) groups excluding carboxylic acids is 1. The largest absolute Gasteiger partial charge is 0.484 e. The number of nitriles is 1. The summed E-state index contributed by atoms with van der Waals surface area (Å²) in [5, 5.41) is 15.0. The lowest BCUT2D eigenvalue weighted by atomic mass is 9.91. The molecule has 0 aliphatic heterocycles. The summed E-state index contributed by atoms with van der Waals surface area (Å²) in [5.74, 6) is 0.510. The van der Waals surface area contributed by atoms with E-state index in [-0.39, 0.29) is 18.6 Å². The van der Waals surface area contributed by atoms with Crippen molar-refractivity contribution in [2.45, 2.75) is 37.8 Å². The fourth-order valence-corrected chi connectivity index (χ4v) is 2.57. The van der Waals surface area contributed by atoms with Crippen LogP contribution in [0.1, 0.15) is 31.2 Å². The second kappa shape index (κ2) is 7.65. The van der Waals surface area contributed by atoms with Crippen LogP contribution < -0.4 is 15.4 Å². The highest BCUT2D eigenvalue weighted by Gasteiger charge is 2.21. The highest BCUT2D eigenvalue weighted by atomic mass is 16.5. The van der Waals surface area contributed by atoms with E-state index in [1.165, 1.54) is 0 Å². The topological polar surface area (TPSA) is 74.2 Å². The average molecular weight is 287 g/mol. The van der Waals surface area contributed by atoms with Crippen molar-refractivity contribution in [2.24, 2.45) is 0 Å². The minimum atomic E-state index is -0.0905. The van der Waals surface area contributed by atoms with E-state index in [9.17, 15) is 4.79 Å². The molecule has 5 nitrogen and oxygen atoms in total. The van der Waals surface area contributed by atoms with Gasteiger partial charge in [-0.05, 0) is 57.0 Å². The molecular weight excluding hydrogens is 266 g/mol. The van der Waals surface area contributed by atoms with Crippen molar-refractivity contribution in [1.82, 2.24) is 10.6 Å². The third kappa shape index (κ3) is 4.76. The van der Waals surface area contributed by atoms with Crippen molar-refractivity contribution in [3.05, 3.63) is 29.8 Å². The fourth-order valence-electron chi connectivity index (χ4n) is 2.57. The molecule has 0 unspecified atom stereocenters. The van der Waals surface area contributed by atoms with E-state index in [1.807, 2.05) is 13.1 Å². The van der Waals surface area contributed by atoms with Gasteiger partial charge < -0.3 is 15.4 Å². The smallest absolute Gasteiger partial charge is 0.258 e. The summed E-state index contributed by atoms with van der Waals surface area (Å²) in [6.07, 6.45) is 4.21. The molecule has 0 bridgehead atoms. The van der Waals surface area contributed by atoms with Crippen LogP contribution in [0.3, 0.4) is 0 Å². The lowest BCUT2D eigenvalue weighted by Gasteiger charge is -2.28. The van der Waals surface area contributed by atoms with E-state index < -0.39 is 0 Å². The molecule has 0 atom stereocenters. The number of hydrogen-bond donors (Lipinski definition) is 2. The second-order valence-corrected chi connectivity index (χ2v) is 5.33. The van der Waals surface area contributed by atoms with Crippen LogP contribution in [0.25, 0.3) is 0 Å². The molecule has 1 saturated carbocycles. The Hall–Kier alpha value is -2.06. The molecule has 0 heterocycles. The molecule has 0 saturated heterocycles. The van der Waals surface area contributed by atoms with Gasteiger partial charge in [0.1, 0.15) is 5.75 Å². The predicted octanol–water partition coefficient (Wildman–Crippen LogP) is 1.58. The molecular formula is C16H21N3O2. The average Bonchev–Trinajstić information content (AvgIpc) is 2.54. The molecule has 1 fully saturated rings. The number of amides is 1. The van der Waals surface area contributed by atoms with Gasteiger partial charge in [0.05, 0.1) is 11.6 Å². The number of benzene rings is 1. The maximum atomic E-state index is 11.9. The summed E-state index contributed by atoms with van der Waals surface area (Å²) >= 11 is 0. The van der Waals surface area contributed by atoms with Crippen LogP contribution in [0.4, 0.5) is 0 Å². The lowest BCUT2D eigenvalue weighted by molar-refractivity contribution is -0.124. The van der Waals surface area contributed by atoms with Crippen molar-refractivity contribution < 1.29 is 9.53 Å². The van der Waals surface area contributed by atoms with Gasteiger partial charge in [-0.15, -0.1) is 0 Å². The summed E-state index contributed by atoms with van der Waals surface area (Å²) in [6.45, 7) is 0.0118. The normalized spacial score (nSPS) is 21.3. The fraction of sp³-hybridized carbons (Fsp3) is 0.500. The minimum Gasteiger partial charge on any atom is -0.484 e. The standard InChI is InChI=1S/C16H21N3O2/c1-18-13-4-6-14(7-5-13)19-16(20)11-21-15-8-2-12(10-17)3-9-15/h2-3,8-9,13-14,18H,4-7,11H2,1H3,(H,19,20). The highest BCUT2D eigenvalue weighted by Crippen LogP contribution is 2.18. The van der Waals surface area contributed by atoms with Crippen molar-refractivity contribution in [3.63, 3.8) is 0 Å². The molecule has 1 amide bonds. The van der Waals surface area contributed by atoms with Gasteiger partial charge in [-0.3, -0.25) is 4.79 Å². The van der Waals surface area contributed by atoms with Crippen molar-refractivity contribution >= 4 is 5.91 Å². The van der Waals surface area contributed by atoms with Crippen molar-refractivity contribution in [1.29, 1.82) is 5.26 Å². The number of nitrogens with one attached hydrogen (secondary N) is 2. The number of hydrogen-bond acceptors (Lipinski definition) is 4. The summed E-state index contributed by atoms with van der Waals surface area (Å²) in [5.41, 5.74) is 0.577. The lowest BCUT2D eigenvalue weighted by Crippen LogP contribution is -2.42. The monoisotopic (exact) mass is 287 g/mol. The Kier molecular flexibility index (Phi) is 5.59. The predicted molar refractivity (Wildman–Crippen MR) is 79.9 cm³/mol. The third-order valence-corrected chi connectivity index (χ3v) is 3.85. The number of nitrogens with zero attached hydrogens (tertiary/aromatic N) is 1. The summed E-state index contributed by atoms with van der Waals surface area (Å²) in [4.78, 5) is 11.9. The zero-order valence-electron chi connectivity index (χ0n) is 12.3. The number of ether oxygens (including phenoxy) is 1. The molecule has 0 spiro atoms. The Balaban J connectivity index is 1.71. The van der Waals surface area contributed by atoms with E-state index in [2.05, 4.69) is 10.6 Å². The molecule has 5 heteroatoms. The van der Waals surface area contributed by atoms with Crippen LogP contribution in [0.15, 0.2) is 24.3 Å². The Morgan fingerprint density at radius 2 is 1.86 bits per heavy atom. The summed E-state index contributed by atoms with van der Waals surface area (Å²) < 4.78 is 5.42. The molecule has 1 aromatic carbocycles. The molecule has 112 valence electrons. The number of rotatable bonds is 5. The first-order valence-electron chi connectivity index (χ1n) is 7.31. The third-order valence-electron chi connectivity index (χ3n) is 3.85. The molecule has 0 radical (unpaired) electrons. The van der Waals surface area contributed by atoms with Gasteiger partial charge in [0.15, 0.2) is 6.61 Å². The van der Waals surface area contributed by atoms with Gasteiger partial charge in [-0.25, -0.2) is 0 Å². The summed E-state index contributed by atoms with van der Waals surface area (Å²) in [7, 11) is 1.98. The van der Waals surface area contributed by atoms with Crippen molar-refractivity contribution in [2.75, 3.05) is 13.7 Å². The van der Waals surface area contributed by atoms with E-state index >= 15 is 0 Å². The Morgan fingerprint density at radius 3 is 2.43 bits per heavy atom. The first-order chi connectivity index (χ1) is 10.2. The van der Waals surface area contributed by atoms with E-state index in [4.69, 9.17) is 10.00 Å². The van der Waals surface area contributed by atoms with E-state index in [0.717, 1.165) is 25.7 Å². The van der Waals surface area contributed by atoms with Gasteiger partial charge in [-0.2, -0.15) is 5.26 Å². The van der Waals surface area contributed by atoms with Crippen LogP contribution in [-0.4, -0.2) is 31.6 Å². The Bertz CT molecular complexity index is 499. The maximum absolute atomic E-state index is 11.9. The van der Waals surface area contributed by atoms with Crippen molar-refractivity contribution in [3.8, 4) is 11.8 Å². The van der Waals surface area contributed by atoms with Crippen LogP contribution in [0.5, 0.6) is 5.75 Å². The van der Waals surface area contributed by atoms with Crippen LogP contribution in [-0.2, 0) is 4.79 Å². The maximum Gasteiger partial charge on any atom is 0.258 e. The van der Waals surface area contributed by atoms with Crippen LogP contribution >= 0.6 is 0 Å². The number of carbonyl (C=O) groups is 1. The first kappa shape index (κ1) is 15.3. The van der Waals surface area contributed by atoms with Gasteiger partial charge in [0.25, 0.3) is 5.91 Å². The molecule has 2 N–H and O–H groups in total. The van der Waals surface area contributed by atoms with E-state index in [0.29, 0.717) is 17.4 Å². The molecule has 1 aromatic rings. The Morgan fingerprint density at radius 1 is 1.24 bits per heavy atom.